The van der Waals surface area contributed by atoms with Crippen molar-refractivity contribution in [3.8, 4) is 23.0 Å². The number of hydrogen-bond donors (Lipinski definition) is 10. The highest BCUT2D eigenvalue weighted by Gasteiger charge is 2.52. The van der Waals surface area contributed by atoms with E-state index >= 15 is 0 Å². The predicted octanol–water partition coefficient (Wildman–Crippen LogP) is -2.19. The fourth-order valence-corrected chi connectivity index (χ4v) is 5.38. The van der Waals surface area contributed by atoms with Gasteiger partial charge in [0.2, 0.25) is 6.29 Å². The van der Waals surface area contributed by atoms with Crippen molar-refractivity contribution in [3.05, 3.63) is 53.3 Å². The minimum atomic E-state index is -1.97. The van der Waals surface area contributed by atoms with E-state index in [0.29, 0.717) is 5.56 Å². The Morgan fingerprint density at radius 2 is 1.48 bits per heavy atom. The maximum Gasteiger partial charge on any atom is 0.317 e. The third kappa shape index (κ3) is 7.41. The van der Waals surface area contributed by atoms with Crippen LogP contribution >= 0.6 is 0 Å². The lowest BCUT2D eigenvalue weighted by Crippen LogP contribution is -2.64. The van der Waals surface area contributed by atoms with Gasteiger partial charge in [-0.15, -0.1) is 0 Å². The van der Waals surface area contributed by atoms with Gasteiger partial charge in [0.05, 0.1) is 18.2 Å². The van der Waals surface area contributed by atoms with Crippen molar-refractivity contribution < 1.29 is 89.1 Å². The number of carbonyl (C=O) groups is 2. The summed E-state index contributed by atoms with van der Waals surface area (Å²) < 4.78 is 32.6. The zero-order chi connectivity index (χ0) is 34.9. The Morgan fingerprint density at radius 1 is 0.812 bits per heavy atom. The van der Waals surface area contributed by atoms with E-state index in [4.69, 9.17) is 28.8 Å². The number of esters is 1. The van der Waals surface area contributed by atoms with Crippen LogP contribution in [0.1, 0.15) is 23.7 Å². The number of fused-ring (bicyclic) bond motifs is 1. The molecule has 262 valence electrons. The van der Waals surface area contributed by atoms with E-state index in [1.165, 1.54) is 36.4 Å². The molecule has 0 spiro atoms. The monoisotopic (exact) mass is 683 g/mol. The summed E-state index contributed by atoms with van der Waals surface area (Å²) >= 11 is 0. The summed E-state index contributed by atoms with van der Waals surface area (Å²) in [5.41, 5.74) is 0.522. The molecule has 3 heterocycles. The van der Waals surface area contributed by atoms with Gasteiger partial charge in [0, 0.05) is 12.1 Å². The molecule has 0 bridgehead atoms. The van der Waals surface area contributed by atoms with Gasteiger partial charge in [-0.2, -0.15) is 0 Å². The first-order valence-corrected chi connectivity index (χ1v) is 14.6. The lowest BCUT2D eigenvalue weighted by Gasteiger charge is -2.46. The van der Waals surface area contributed by atoms with E-state index in [0.717, 1.165) is 6.07 Å². The Kier molecular flexibility index (Phi) is 10.6. The maximum absolute atomic E-state index is 11.9. The van der Waals surface area contributed by atoms with Crippen molar-refractivity contribution in [2.75, 3.05) is 13.2 Å². The molecule has 5 rings (SSSR count). The number of carboxylic acids is 1. The number of aliphatic hydroxyl groups excluding tert-OH is 6. The third-order valence-corrected chi connectivity index (χ3v) is 7.89. The molecule has 3 aliphatic heterocycles. The predicted molar refractivity (Wildman–Crippen MR) is 154 cm³/mol. The second kappa shape index (κ2) is 14.5. The molecular weight excluding hydrogens is 648 g/mol. The number of rotatable bonds is 10. The van der Waals surface area contributed by atoms with Gasteiger partial charge in [0.1, 0.15) is 78.6 Å². The summed E-state index contributed by atoms with van der Waals surface area (Å²) in [5.74, 6) is -3.35. The Balaban J connectivity index is 1.50. The first kappa shape index (κ1) is 35.1. The van der Waals surface area contributed by atoms with Crippen LogP contribution < -0.4 is 0 Å². The molecule has 0 radical (unpaired) electrons. The molecule has 1 unspecified atom stereocenters. The van der Waals surface area contributed by atoms with Crippen molar-refractivity contribution in [1.29, 1.82) is 0 Å². The van der Waals surface area contributed by atoms with Gasteiger partial charge in [0.15, 0.2) is 18.2 Å². The number of carbonyl (C=O) groups excluding carboxylic acids is 1. The number of ether oxygens (including phenoxy) is 6. The molecule has 0 saturated carbocycles. The van der Waals surface area contributed by atoms with Crippen LogP contribution in [-0.4, -0.2) is 142 Å². The van der Waals surface area contributed by atoms with Gasteiger partial charge in [-0.3, -0.25) is 9.59 Å². The molecule has 2 aromatic carbocycles. The smallest absolute Gasteiger partial charge is 0.317 e. The number of aliphatic hydroxyl groups is 7. The van der Waals surface area contributed by atoms with E-state index in [-0.39, 0.29) is 28.6 Å². The summed E-state index contributed by atoms with van der Waals surface area (Å²) in [5, 5.41) is 102. The molecule has 48 heavy (non-hydrogen) atoms. The molecule has 2 saturated heterocycles. The Morgan fingerprint density at radius 3 is 2.15 bits per heavy atom. The topological polar surface area (TPSA) is 295 Å². The summed E-state index contributed by atoms with van der Waals surface area (Å²) in [6.45, 7) is -1.56. The lowest BCUT2D eigenvalue weighted by molar-refractivity contribution is -0.364. The summed E-state index contributed by atoms with van der Waals surface area (Å²) in [6, 6.07) is 8.05. The average molecular weight is 684 g/mol. The minimum absolute atomic E-state index is 0.0716. The lowest BCUT2D eigenvalue weighted by atomic mass is 9.97. The summed E-state index contributed by atoms with van der Waals surface area (Å²) in [4.78, 5) is 22.8. The van der Waals surface area contributed by atoms with Crippen LogP contribution in [0.25, 0.3) is 6.08 Å². The molecule has 0 aliphatic carbocycles. The molecule has 18 heteroatoms. The van der Waals surface area contributed by atoms with Crippen LogP contribution in [0.3, 0.4) is 0 Å². The number of aromatic hydroxyl groups is 4. The average Bonchev–Trinajstić information content (AvgIpc) is 3.03. The highest BCUT2D eigenvalue weighted by molar-refractivity contribution is 5.90. The number of phenolic OH excluding ortho intramolecular Hbond substituents is 3. The van der Waals surface area contributed by atoms with Crippen molar-refractivity contribution in [1.82, 2.24) is 0 Å². The number of benzene rings is 2. The highest BCUT2D eigenvalue weighted by atomic mass is 16.8. The first-order valence-electron chi connectivity index (χ1n) is 14.6. The molecule has 2 fully saturated rings. The van der Waals surface area contributed by atoms with Crippen molar-refractivity contribution in [2.45, 2.75) is 73.9 Å². The molecule has 18 nitrogen and oxygen atoms in total. The molecule has 2 aromatic rings. The van der Waals surface area contributed by atoms with Gasteiger partial charge >= 0.3 is 11.9 Å². The maximum atomic E-state index is 11.9. The molecule has 11 atom stereocenters. The minimum Gasteiger partial charge on any atom is -0.571 e. The fourth-order valence-electron chi connectivity index (χ4n) is 5.38. The second-order valence-corrected chi connectivity index (χ2v) is 11.3. The Labute approximate surface area is 270 Å². The first-order chi connectivity index (χ1) is 22.8. The van der Waals surface area contributed by atoms with E-state index in [2.05, 4.69) is 4.74 Å². The molecular formula is C30H35O18+. The molecule has 0 aromatic heterocycles. The van der Waals surface area contributed by atoms with Gasteiger partial charge in [-0.1, -0.05) is 0 Å². The zero-order valence-electron chi connectivity index (χ0n) is 24.8. The van der Waals surface area contributed by atoms with E-state index in [1.54, 1.807) is 0 Å². The van der Waals surface area contributed by atoms with Crippen LogP contribution in [-0.2, 0) is 33.3 Å². The van der Waals surface area contributed by atoms with Gasteiger partial charge in [-0.25, -0.2) is 0 Å². The van der Waals surface area contributed by atoms with Gasteiger partial charge in [-0.05, 0) is 24.3 Å². The Hall–Kier alpha value is -4.24. The normalized spacial score (nSPS) is 33.1. The SMILES string of the molecule is O=C(O)CC(=O)OC[C@H]1O[C@@H](OC2=Cc3c(O)cc(O)cc3[OH+]C2c2ccc(O)cc2)[C@H](O[C@@H]2O[C@@H](CO)[C@@H](O)[C@H](O)[C@H]2O)[C@H](O)[C@@H]1O. The molecule has 11 N–H and O–H groups in total. The number of phenols is 3. The standard InChI is InChI=1S/C30H34O18/c31-9-18-22(38)24(40)26(42)29(46-18)48-28-25(41)23(39)19(10-43-21(37)8-20(35)36)47-30(28)45-17-7-14-15(34)5-13(33)6-16(14)44-27(17)11-1-3-12(32)4-2-11/h1-7,18-19,22-34,38-42H,8-10H2,(H,35,36)/p+1/t18-,19+,22+,23+,24-,25+,26+,27?,28+,29-,30+/m0/s1. The number of aliphatic carboxylic acids is 1. The van der Waals surface area contributed by atoms with Crippen LogP contribution in [0.5, 0.6) is 23.0 Å². The van der Waals surface area contributed by atoms with E-state index in [1.807, 2.05) is 0 Å². The fraction of sp³-hybridized carbons (Fsp3) is 0.467. The van der Waals surface area contributed by atoms with Crippen LogP contribution in [0.4, 0.5) is 0 Å². The molecule has 0 amide bonds. The summed E-state index contributed by atoms with van der Waals surface area (Å²) in [7, 11) is 0. The quantitative estimate of drug-likeness (QED) is 0.0722. The number of carboxylic acid groups (broad SMARTS) is 1. The largest absolute Gasteiger partial charge is 0.571 e. The van der Waals surface area contributed by atoms with Crippen LogP contribution in [0, 0.1) is 0 Å². The van der Waals surface area contributed by atoms with E-state index < -0.39 is 105 Å². The zero-order valence-corrected chi connectivity index (χ0v) is 24.8. The Bertz CT molecular complexity index is 1490. The van der Waals surface area contributed by atoms with E-state index in [9.17, 15) is 55.5 Å². The van der Waals surface area contributed by atoms with Crippen molar-refractivity contribution in [2.24, 2.45) is 0 Å². The van der Waals surface area contributed by atoms with Gasteiger partial charge in [0.25, 0.3) is 11.9 Å². The number of hydrogen-bond acceptors (Lipinski definition) is 16. The van der Waals surface area contributed by atoms with Crippen LogP contribution in [0.15, 0.2) is 42.2 Å². The summed E-state index contributed by atoms with van der Waals surface area (Å²) in [6.07, 6.45) is -18.5. The van der Waals surface area contributed by atoms with Gasteiger partial charge < -0.3 is 79.5 Å². The second-order valence-electron chi connectivity index (χ2n) is 11.3. The van der Waals surface area contributed by atoms with Crippen molar-refractivity contribution in [3.63, 3.8) is 0 Å². The molecule has 3 aliphatic rings. The van der Waals surface area contributed by atoms with Crippen LogP contribution in [0.2, 0.25) is 0 Å². The third-order valence-electron chi connectivity index (χ3n) is 7.89. The highest BCUT2D eigenvalue weighted by Crippen LogP contribution is 2.45. The van der Waals surface area contributed by atoms with Crippen molar-refractivity contribution >= 4 is 18.0 Å².